The first-order chi connectivity index (χ1) is 18.4. The summed E-state index contributed by atoms with van der Waals surface area (Å²) in [6, 6.07) is 14.7. The molecule has 0 fully saturated rings. The molecule has 8 heteroatoms. The van der Waals surface area contributed by atoms with Crippen molar-refractivity contribution in [2.45, 2.75) is 91.5 Å². The zero-order chi connectivity index (χ0) is 29.2. The first-order valence-corrected chi connectivity index (χ1v) is 13.4. The first-order valence-electron chi connectivity index (χ1n) is 13.4. The number of nitrogens with one attached hydrogen (secondary N) is 2. The summed E-state index contributed by atoms with van der Waals surface area (Å²) in [5, 5.41) is 15.5. The molecule has 0 saturated heterocycles. The second-order valence-corrected chi connectivity index (χ2v) is 11.0. The van der Waals surface area contributed by atoms with Crippen LogP contribution >= 0.6 is 0 Å². The molecule has 2 N–H and O–H groups in total. The Bertz CT molecular complexity index is 1170. The molecule has 2 aromatic rings. The molecule has 0 aliphatic carbocycles. The van der Waals surface area contributed by atoms with Crippen LogP contribution in [-0.2, 0) is 20.7 Å². The molecule has 39 heavy (non-hydrogen) atoms. The highest BCUT2D eigenvalue weighted by Gasteiger charge is 2.37. The highest BCUT2D eigenvalue weighted by Crippen LogP contribution is 2.27. The Hall–Kier alpha value is -3.86. The number of ether oxygens (including phenoxy) is 1. The van der Waals surface area contributed by atoms with Gasteiger partial charge < -0.3 is 20.3 Å². The van der Waals surface area contributed by atoms with E-state index in [0.29, 0.717) is 5.56 Å². The van der Waals surface area contributed by atoms with E-state index < -0.39 is 29.7 Å². The molecule has 0 saturated carbocycles. The Morgan fingerprint density at radius 2 is 1.72 bits per heavy atom. The van der Waals surface area contributed by atoms with E-state index in [-0.39, 0.29) is 24.9 Å². The van der Waals surface area contributed by atoms with Gasteiger partial charge in [-0.2, -0.15) is 5.26 Å². The van der Waals surface area contributed by atoms with Crippen LogP contribution in [0.4, 0.5) is 4.79 Å². The molecule has 2 aromatic carbocycles. The van der Waals surface area contributed by atoms with Crippen LogP contribution in [0.25, 0.3) is 0 Å². The van der Waals surface area contributed by atoms with Gasteiger partial charge in [0, 0.05) is 12.5 Å². The van der Waals surface area contributed by atoms with Gasteiger partial charge in [-0.3, -0.25) is 9.59 Å². The number of hydrogen-bond donors (Lipinski definition) is 2. The third-order valence-corrected chi connectivity index (χ3v) is 6.19. The predicted molar refractivity (Wildman–Crippen MR) is 152 cm³/mol. The monoisotopic (exact) mass is 534 g/mol. The van der Waals surface area contributed by atoms with Gasteiger partial charge in [0.15, 0.2) is 0 Å². The maximum absolute atomic E-state index is 14.2. The number of rotatable bonds is 11. The van der Waals surface area contributed by atoms with Crippen LogP contribution in [0.2, 0.25) is 0 Å². The van der Waals surface area contributed by atoms with Crippen LogP contribution in [0.1, 0.15) is 75.8 Å². The van der Waals surface area contributed by atoms with Gasteiger partial charge >= 0.3 is 6.09 Å². The molecule has 3 unspecified atom stereocenters. The van der Waals surface area contributed by atoms with Gasteiger partial charge in [0.1, 0.15) is 24.2 Å². The molecular formula is C31H42N4O4. The highest BCUT2D eigenvalue weighted by molar-refractivity contribution is 5.92. The topological polar surface area (TPSA) is 112 Å². The van der Waals surface area contributed by atoms with E-state index in [2.05, 4.69) is 16.7 Å². The molecule has 2 rings (SSSR count). The van der Waals surface area contributed by atoms with Crippen LogP contribution in [0.3, 0.4) is 0 Å². The average molecular weight is 535 g/mol. The van der Waals surface area contributed by atoms with Crippen molar-refractivity contribution < 1.29 is 19.1 Å². The molecule has 0 heterocycles. The Kier molecular flexibility index (Phi) is 11.5. The minimum Gasteiger partial charge on any atom is -0.444 e. The fourth-order valence-electron chi connectivity index (χ4n) is 4.48. The van der Waals surface area contributed by atoms with Gasteiger partial charge in [0.05, 0.1) is 6.07 Å². The first kappa shape index (κ1) is 31.4. The zero-order valence-corrected chi connectivity index (χ0v) is 24.2. The Morgan fingerprint density at radius 3 is 2.28 bits per heavy atom. The van der Waals surface area contributed by atoms with Crippen molar-refractivity contribution in [3.8, 4) is 6.07 Å². The van der Waals surface area contributed by atoms with E-state index in [1.165, 1.54) is 4.90 Å². The summed E-state index contributed by atoms with van der Waals surface area (Å²) in [4.78, 5) is 42.0. The molecular weight excluding hydrogens is 492 g/mol. The lowest BCUT2D eigenvalue weighted by Gasteiger charge is -2.34. The fraction of sp³-hybridized carbons (Fsp3) is 0.484. The lowest BCUT2D eigenvalue weighted by molar-refractivity contribution is -0.142. The third kappa shape index (κ3) is 9.75. The van der Waals surface area contributed by atoms with Crippen LogP contribution in [-0.4, -0.2) is 47.0 Å². The van der Waals surface area contributed by atoms with Crippen molar-refractivity contribution in [1.82, 2.24) is 15.5 Å². The molecule has 3 atom stereocenters. The predicted octanol–water partition coefficient (Wildman–Crippen LogP) is 5.14. The van der Waals surface area contributed by atoms with E-state index in [1.54, 1.807) is 20.8 Å². The molecule has 0 bridgehead atoms. The molecule has 0 spiro atoms. The van der Waals surface area contributed by atoms with Crippen molar-refractivity contribution in [3.63, 3.8) is 0 Å². The van der Waals surface area contributed by atoms with Gasteiger partial charge in [0.25, 0.3) is 0 Å². The summed E-state index contributed by atoms with van der Waals surface area (Å²) in [5.41, 5.74) is 2.51. The average Bonchev–Trinajstić information content (AvgIpc) is 2.83. The number of nitriles is 1. The van der Waals surface area contributed by atoms with Gasteiger partial charge in [0.2, 0.25) is 11.8 Å². The normalized spacial score (nSPS) is 13.4. The van der Waals surface area contributed by atoms with Gasteiger partial charge in [-0.25, -0.2) is 4.79 Å². The number of amides is 3. The van der Waals surface area contributed by atoms with Crippen molar-refractivity contribution in [2.24, 2.45) is 0 Å². The Labute approximate surface area is 232 Å². The summed E-state index contributed by atoms with van der Waals surface area (Å²) in [6.45, 7) is 12.7. The lowest BCUT2D eigenvalue weighted by atomic mass is 9.95. The number of carbonyl (C=O) groups excluding carboxylic acids is 3. The quantitative estimate of drug-likeness (QED) is 0.388. The van der Waals surface area contributed by atoms with Gasteiger partial charge in [-0.05, 0) is 64.7 Å². The Balaban J connectivity index is 2.56. The van der Waals surface area contributed by atoms with Crippen LogP contribution in [0, 0.1) is 25.2 Å². The summed E-state index contributed by atoms with van der Waals surface area (Å²) in [6.07, 6.45) is 1.07. The summed E-state index contributed by atoms with van der Waals surface area (Å²) in [5.74, 6) is -0.920. The smallest absolute Gasteiger partial charge is 0.408 e. The fourth-order valence-corrected chi connectivity index (χ4v) is 4.48. The molecule has 3 amide bonds. The molecule has 0 radical (unpaired) electrons. The second-order valence-electron chi connectivity index (χ2n) is 11.0. The maximum Gasteiger partial charge on any atom is 0.408 e. The summed E-state index contributed by atoms with van der Waals surface area (Å²) >= 11 is 0. The van der Waals surface area contributed by atoms with Crippen molar-refractivity contribution in [3.05, 3.63) is 70.8 Å². The third-order valence-electron chi connectivity index (χ3n) is 6.19. The van der Waals surface area contributed by atoms with E-state index in [0.717, 1.165) is 29.5 Å². The van der Waals surface area contributed by atoms with E-state index in [1.807, 2.05) is 76.2 Å². The SMILES string of the molecule is CCCC(C)NC(=O)C(c1ccc(C)cc1C)N(CC#N)C(=O)C(Cc1ccccc1)NC(=O)OC(C)(C)C. The largest absolute Gasteiger partial charge is 0.444 e. The number of hydrogen-bond acceptors (Lipinski definition) is 5. The van der Waals surface area contributed by atoms with Crippen LogP contribution < -0.4 is 10.6 Å². The van der Waals surface area contributed by atoms with Crippen molar-refractivity contribution >= 4 is 17.9 Å². The number of benzene rings is 2. The second kappa shape index (κ2) is 14.3. The van der Waals surface area contributed by atoms with E-state index in [9.17, 15) is 19.6 Å². The highest BCUT2D eigenvalue weighted by atomic mass is 16.6. The summed E-state index contributed by atoms with van der Waals surface area (Å²) in [7, 11) is 0. The molecule has 0 aliphatic heterocycles. The van der Waals surface area contributed by atoms with E-state index in [4.69, 9.17) is 4.74 Å². The van der Waals surface area contributed by atoms with Gasteiger partial charge in [-0.1, -0.05) is 67.4 Å². The summed E-state index contributed by atoms with van der Waals surface area (Å²) < 4.78 is 5.44. The number of aryl methyl sites for hydroxylation is 2. The molecule has 0 aliphatic rings. The maximum atomic E-state index is 14.2. The number of carbonyl (C=O) groups is 3. The van der Waals surface area contributed by atoms with Crippen LogP contribution in [0.5, 0.6) is 0 Å². The standard InChI is InChI=1S/C31H42N4O4/c1-8-12-23(4)33-28(36)27(25-16-15-21(2)19-22(25)3)35(18-17-32)29(37)26(20-24-13-10-9-11-14-24)34-30(38)39-31(5,6)7/h9-11,13-16,19,23,26-27H,8,12,18,20H2,1-7H3,(H,33,36)(H,34,38). The van der Waals surface area contributed by atoms with Gasteiger partial charge in [-0.15, -0.1) is 0 Å². The number of alkyl carbamates (subject to hydrolysis) is 1. The molecule has 8 nitrogen and oxygen atoms in total. The van der Waals surface area contributed by atoms with Crippen molar-refractivity contribution in [1.29, 1.82) is 5.26 Å². The minimum atomic E-state index is -1.07. The van der Waals surface area contributed by atoms with E-state index >= 15 is 0 Å². The lowest BCUT2D eigenvalue weighted by Crippen LogP contribution is -2.54. The van der Waals surface area contributed by atoms with Crippen LogP contribution in [0.15, 0.2) is 48.5 Å². The van der Waals surface area contributed by atoms with Crippen molar-refractivity contribution in [2.75, 3.05) is 6.54 Å². The Morgan fingerprint density at radius 1 is 1.05 bits per heavy atom. The molecule has 210 valence electrons. The zero-order valence-electron chi connectivity index (χ0n) is 24.2. The number of nitrogens with zero attached hydrogens (tertiary/aromatic N) is 2. The molecule has 0 aromatic heterocycles. The minimum absolute atomic E-state index is 0.116.